The SMILES string of the molecule is COc1cccc(N2C[C@H](C(=O)NNC(=O)c3ccccc3)CC2=O)c1. The maximum Gasteiger partial charge on any atom is 0.269 e. The van der Waals surface area contributed by atoms with Gasteiger partial charge in [0.15, 0.2) is 0 Å². The molecule has 1 fully saturated rings. The molecule has 2 aromatic carbocycles. The van der Waals surface area contributed by atoms with E-state index >= 15 is 0 Å². The van der Waals surface area contributed by atoms with Gasteiger partial charge in [0, 0.05) is 30.3 Å². The number of carbonyl (C=O) groups excluding carboxylic acids is 3. The van der Waals surface area contributed by atoms with Crippen molar-refractivity contribution < 1.29 is 19.1 Å². The van der Waals surface area contributed by atoms with Gasteiger partial charge < -0.3 is 9.64 Å². The van der Waals surface area contributed by atoms with Gasteiger partial charge in [0.2, 0.25) is 11.8 Å². The second kappa shape index (κ2) is 7.69. The first-order valence-electron chi connectivity index (χ1n) is 8.18. The van der Waals surface area contributed by atoms with E-state index in [9.17, 15) is 14.4 Å². The molecule has 0 spiro atoms. The molecule has 0 bridgehead atoms. The summed E-state index contributed by atoms with van der Waals surface area (Å²) in [5, 5.41) is 0. The zero-order valence-corrected chi connectivity index (χ0v) is 14.3. The van der Waals surface area contributed by atoms with Crippen molar-refractivity contribution in [3.8, 4) is 5.75 Å². The van der Waals surface area contributed by atoms with Crippen LogP contribution in [0, 0.1) is 5.92 Å². The molecule has 7 heteroatoms. The van der Waals surface area contributed by atoms with Gasteiger partial charge in [-0.25, -0.2) is 0 Å². The lowest BCUT2D eigenvalue weighted by Gasteiger charge is -2.17. The molecule has 0 aromatic heterocycles. The molecule has 1 saturated heterocycles. The first-order chi connectivity index (χ1) is 12.6. The van der Waals surface area contributed by atoms with Crippen LogP contribution in [-0.2, 0) is 9.59 Å². The Labute approximate surface area is 150 Å². The molecule has 0 saturated carbocycles. The lowest BCUT2D eigenvalue weighted by atomic mass is 10.1. The molecule has 1 atom stereocenters. The van der Waals surface area contributed by atoms with Crippen LogP contribution < -0.4 is 20.5 Å². The quantitative estimate of drug-likeness (QED) is 0.816. The molecule has 1 aliphatic heterocycles. The fourth-order valence-corrected chi connectivity index (χ4v) is 2.79. The molecular weight excluding hydrogens is 334 g/mol. The van der Waals surface area contributed by atoms with Crippen molar-refractivity contribution >= 4 is 23.4 Å². The summed E-state index contributed by atoms with van der Waals surface area (Å²) in [7, 11) is 1.55. The smallest absolute Gasteiger partial charge is 0.269 e. The molecular formula is C19H19N3O4. The number of methoxy groups -OCH3 is 1. The summed E-state index contributed by atoms with van der Waals surface area (Å²) < 4.78 is 5.17. The highest BCUT2D eigenvalue weighted by molar-refractivity contribution is 6.01. The predicted molar refractivity (Wildman–Crippen MR) is 95.5 cm³/mol. The van der Waals surface area contributed by atoms with Crippen molar-refractivity contribution in [1.29, 1.82) is 0 Å². The number of ether oxygens (including phenoxy) is 1. The van der Waals surface area contributed by atoms with Crippen molar-refractivity contribution in [1.82, 2.24) is 10.9 Å². The summed E-state index contributed by atoms with van der Waals surface area (Å²) in [6.45, 7) is 0.249. The maximum atomic E-state index is 12.3. The summed E-state index contributed by atoms with van der Waals surface area (Å²) in [5.41, 5.74) is 5.89. The number of hydrogen-bond acceptors (Lipinski definition) is 4. The van der Waals surface area contributed by atoms with E-state index in [0.29, 0.717) is 17.0 Å². The van der Waals surface area contributed by atoms with Crippen LogP contribution in [-0.4, -0.2) is 31.4 Å². The fraction of sp³-hybridized carbons (Fsp3) is 0.211. The molecule has 3 amide bonds. The Hall–Kier alpha value is -3.35. The Kier molecular flexibility index (Phi) is 5.17. The summed E-state index contributed by atoms with van der Waals surface area (Å²) in [6, 6.07) is 15.7. The number of hydrogen-bond donors (Lipinski definition) is 2. The lowest BCUT2D eigenvalue weighted by Crippen LogP contribution is -2.45. The topological polar surface area (TPSA) is 87.7 Å². The monoisotopic (exact) mass is 353 g/mol. The van der Waals surface area contributed by atoms with Gasteiger partial charge in [-0.3, -0.25) is 25.2 Å². The van der Waals surface area contributed by atoms with Crippen LogP contribution in [0.1, 0.15) is 16.8 Å². The van der Waals surface area contributed by atoms with Gasteiger partial charge in [-0.05, 0) is 24.3 Å². The summed E-state index contributed by atoms with van der Waals surface area (Å²) in [6.07, 6.45) is 0.0876. The van der Waals surface area contributed by atoms with Gasteiger partial charge in [0.05, 0.1) is 13.0 Å². The zero-order valence-electron chi connectivity index (χ0n) is 14.3. The number of benzene rings is 2. The number of carbonyl (C=O) groups is 3. The maximum absolute atomic E-state index is 12.3. The van der Waals surface area contributed by atoms with Crippen LogP contribution >= 0.6 is 0 Å². The second-order valence-electron chi connectivity index (χ2n) is 5.92. The van der Waals surface area contributed by atoms with Crippen molar-refractivity contribution in [2.45, 2.75) is 6.42 Å². The van der Waals surface area contributed by atoms with Crippen molar-refractivity contribution in [2.75, 3.05) is 18.6 Å². The van der Waals surface area contributed by atoms with Crippen LogP contribution in [0.4, 0.5) is 5.69 Å². The van der Waals surface area contributed by atoms with E-state index < -0.39 is 17.7 Å². The Morgan fingerprint density at radius 2 is 1.85 bits per heavy atom. The Bertz CT molecular complexity index is 823. The molecule has 0 aliphatic carbocycles. The number of nitrogens with zero attached hydrogens (tertiary/aromatic N) is 1. The summed E-state index contributed by atoms with van der Waals surface area (Å²) >= 11 is 0. The minimum absolute atomic E-state index is 0.0876. The van der Waals surface area contributed by atoms with E-state index in [1.54, 1.807) is 66.6 Å². The van der Waals surface area contributed by atoms with Crippen LogP contribution in [0.3, 0.4) is 0 Å². The third-order valence-corrected chi connectivity index (χ3v) is 4.20. The molecule has 1 aliphatic rings. The number of hydrazine groups is 1. The van der Waals surface area contributed by atoms with Gasteiger partial charge in [-0.1, -0.05) is 24.3 Å². The third kappa shape index (κ3) is 3.83. The van der Waals surface area contributed by atoms with Gasteiger partial charge in [0.1, 0.15) is 5.75 Å². The van der Waals surface area contributed by atoms with Crippen LogP contribution in [0.15, 0.2) is 54.6 Å². The lowest BCUT2D eigenvalue weighted by molar-refractivity contribution is -0.126. The van der Waals surface area contributed by atoms with E-state index in [2.05, 4.69) is 10.9 Å². The fourth-order valence-electron chi connectivity index (χ4n) is 2.79. The van der Waals surface area contributed by atoms with E-state index in [1.807, 2.05) is 0 Å². The molecule has 0 radical (unpaired) electrons. The molecule has 2 N–H and O–H groups in total. The molecule has 3 rings (SSSR count). The second-order valence-corrected chi connectivity index (χ2v) is 5.92. The number of rotatable bonds is 4. The van der Waals surface area contributed by atoms with Gasteiger partial charge >= 0.3 is 0 Å². The van der Waals surface area contributed by atoms with Crippen LogP contribution in [0.25, 0.3) is 0 Å². The number of anilines is 1. The molecule has 26 heavy (non-hydrogen) atoms. The van der Waals surface area contributed by atoms with Crippen molar-refractivity contribution in [3.63, 3.8) is 0 Å². The van der Waals surface area contributed by atoms with Gasteiger partial charge in [-0.15, -0.1) is 0 Å². The summed E-state index contributed by atoms with van der Waals surface area (Å²) in [5.74, 6) is -0.850. The van der Waals surface area contributed by atoms with E-state index in [0.717, 1.165) is 0 Å². The minimum Gasteiger partial charge on any atom is -0.497 e. The first kappa shape index (κ1) is 17.5. The molecule has 7 nitrogen and oxygen atoms in total. The van der Waals surface area contributed by atoms with Gasteiger partial charge in [0.25, 0.3) is 5.91 Å². The largest absolute Gasteiger partial charge is 0.497 e. The zero-order chi connectivity index (χ0) is 18.5. The normalized spacial score (nSPS) is 16.3. The number of nitrogens with one attached hydrogen (secondary N) is 2. The average Bonchev–Trinajstić information content (AvgIpc) is 3.08. The van der Waals surface area contributed by atoms with Crippen LogP contribution in [0.2, 0.25) is 0 Å². The van der Waals surface area contributed by atoms with Crippen molar-refractivity contribution in [2.24, 2.45) is 5.92 Å². The molecule has 1 heterocycles. The average molecular weight is 353 g/mol. The Balaban J connectivity index is 1.59. The highest BCUT2D eigenvalue weighted by Gasteiger charge is 2.35. The minimum atomic E-state index is -0.537. The predicted octanol–water partition coefficient (Wildman–Crippen LogP) is 1.51. The van der Waals surface area contributed by atoms with Gasteiger partial charge in [-0.2, -0.15) is 0 Å². The molecule has 0 unspecified atom stereocenters. The van der Waals surface area contributed by atoms with E-state index in [4.69, 9.17) is 4.74 Å². The molecule has 2 aromatic rings. The van der Waals surface area contributed by atoms with E-state index in [-0.39, 0.29) is 18.9 Å². The third-order valence-electron chi connectivity index (χ3n) is 4.20. The van der Waals surface area contributed by atoms with Crippen LogP contribution in [0.5, 0.6) is 5.75 Å². The number of amides is 3. The Morgan fingerprint density at radius 3 is 2.58 bits per heavy atom. The summed E-state index contributed by atoms with van der Waals surface area (Å²) in [4.78, 5) is 38.1. The van der Waals surface area contributed by atoms with Crippen molar-refractivity contribution in [3.05, 3.63) is 60.2 Å². The highest BCUT2D eigenvalue weighted by Crippen LogP contribution is 2.27. The Morgan fingerprint density at radius 1 is 1.08 bits per heavy atom. The highest BCUT2D eigenvalue weighted by atomic mass is 16.5. The molecule has 134 valence electrons. The first-order valence-corrected chi connectivity index (χ1v) is 8.18. The van der Waals surface area contributed by atoms with E-state index in [1.165, 1.54) is 0 Å². The standard InChI is InChI=1S/C19H19N3O4/c1-26-16-9-5-8-15(11-16)22-12-14(10-17(22)23)19(25)21-20-18(24)13-6-3-2-4-7-13/h2-9,11,14H,10,12H2,1H3,(H,20,24)(H,21,25)/t14-/m1/s1.